The van der Waals surface area contributed by atoms with Gasteiger partial charge in [0.25, 0.3) is 0 Å². The average Bonchev–Trinajstić information content (AvgIpc) is 2.37. The van der Waals surface area contributed by atoms with Gasteiger partial charge in [-0.3, -0.25) is 9.80 Å². The monoisotopic (exact) mass is 234 g/mol. The van der Waals surface area contributed by atoms with Gasteiger partial charge in [0.2, 0.25) is 0 Å². The molecule has 0 aromatic rings. The average molecular weight is 234 g/mol. The van der Waals surface area contributed by atoms with Gasteiger partial charge in [0.1, 0.15) is 0 Å². The van der Waals surface area contributed by atoms with Crippen LogP contribution in [0.25, 0.3) is 0 Å². The number of piperazine rings is 1. The minimum atomic E-state index is 0.583. The Morgan fingerprint density at radius 2 is 1.82 bits per heavy atom. The van der Waals surface area contributed by atoms with E-state index in [0.29, 0.717) is 12.1 Å². The van der Waals surface area contributed by atoms with Crippen LogP contribution in [0.3, 0.4) is 0 Å². The molecule has 0 radical (unpaired) electrons. The first-order chi connectivity index (χ1) is 8.27. The van der Waals surface area contributed by atoms with E-state index in [2.05, 4.69) is 55.0 Å². The molecule has 2 aliphatic rings. The largest absolute Gasteiger partial charge is 0.297 e. The van der Waals surface area contributed by atoms with Gasteiger partial charge in [0.15, 0.2) is 0 Å². The number of likely N-dealkylation sites (N-methyl/N-ethyl adjacent to an activating group) is 1. The quantitative estimate of drug-likeness (QED) is 0.738. The summed E-state index contributed by atoms with van der Waals surface area (Å²) < 4.78 is 0. The number of fused-ring (bicyclic) bond motifs is 1. The van der Waals surface area contributed by atoms with Gasteiger partial charge in [0.05, 0.1) is 0 Å². The second-order valence-electron chi connectivity index (χ2n) is 5.32. The highest BCUT2D eigenvalue weighted by molar-refractivity contribution is 5.22. The summed E-state index contributed by atoms with van der Waals surface area (Å²) in [6.07, 6.45) is 13.1. The third kappa shape index (κ3) is 2.63. The number of allylic oxidation sites excluding steroid dienone is 2. The SMILES string of the molecule is CCCC(CC)N1CCN(C)C2C=CC=CC21. The third-order valence-corrected chi connectivity index (χ3v) is 4.24. The Labute approximate surface area is 106 Å². The zero-order valence-corrected chi connectivity index (χ0v) is 11.5. The fourth-order valence-corrected chi connectivity index (χ4v) is 3.23. The Morgan fingerprint density at radius 1 is 1.12 bits per heavy atom. The molecule has 0 N–H and O–H groups in total. The molecule has 0 spiro atoms. The number of hydrogen-bond donors (Lipinski definition) is 0. The van der Waals surface area contributed by atoms with Crippen molar-refractivity contribution in [3.63, 3.8) is 0 Å². The van der Waals surface area contributed by atoms with Gasteiger partial charge in [0, 0.05) is 31.2 Å². The van der Waals surface area contributed by atoms with E-state index in [9.17, 15) is 0 Å². The molecule has 0 aromatic heterocycles. The van der Waals surface area contributed by atoms with Crippen LogP contribution >= 0.6 is 0 Å². The lowest BCUT2D eigenvalue weighted by molar-refractivity contribution is 0.0408. The Kier molecular flexibility index (Phi) is 4.41. The lowest BCUT2D eigenvalue weighted by Gasteiger charge is -2.48. The van der Waals surface area contributed by atoms with Crippen LogP contribution in [-0.2, 0) is 0 Å². The first-order valence-electron chi connectivity index (χ1n) is 7.08. The minimum absolute atomic E-state index is 0.583. The first-order valence-corrected chi connectivity index (χ1v) is 7.08. The van der Waals surface area contributed by atoms with Crippen molar-refractivity contribution in [2.45, 2.75) is 51.2 Å². The molecule has 0 saturated carbocycles. The molecular formula is C15H26N2. The number of nitrogens with zero attached hydrogens (tertiary/aromatic N) is 2. The molecule has 2 nitrogen and oxygen atoms in total. The molecule has 17 heavy (non-hydrogen) atoms. The molecule has 2 rings (SSSR count). The molecule has 1 aliphatic carbocycles. The minimum Gasteiger partial charge on any atom is -0.297 e. The maximum absolute atomic E-state index is 2.73. The summed E-state index contributed by atoms with van der Waals surface area (Å²) in [4.78, 5) is 5.22. The van der Waals surface area contributed by atoms with Crippen LogP contribution in [-0.4, -0.2) is 48.1 Å². The summed E-state index contributed by atoms with van der Waals surface area (Å²) >= 11 is 0. The highest BCUT2D eigenvalue weighted by Crippen LogP contribution is 2.25. The lowest BCUT2D eigenvalue weighted by Crippen LogP contribution is -2.60. The fourth-order valence-electron chi connectivity index (χ4n) is 3.23. The molecule has 3 unspecified atom stereocenters. The van der Waals surface area contributed by atoms with E-state index < -0.39 is 0 Å². The van der Waals surface area contributed by atoms with Crippen LogP contribution in [0.5, 0.6) is 0 Å². The number of rotatable bonds is 4. The summed E-state index contributed by atoms with van der Waals surface area (Å²) in [7, 11) is 2.25. The second-order valence-corrected chi connectivity index (χ2v) is 5.32. The van der Waals surface area contributed by atoms with Crippen molar-refractivity contribution in [3.05, 3.63) is 24.3 Å². The van der Waals surface area contributed by atoms with Crippen molar-refractivity contribution in [3.8, 4) is 0 Å². The van der Waals surface area contributed by atoms with E-state index in [4.69, 9.17) is 0 Å². The molecule has 0 amide bonds. The van der Waals surface area contributed by atoms with Gasteiger partial charge in [-0.1, -0.05) is 44.6 Å². The Morgan fingerprint density at radius 3 is 2.47 bits per heavy atom. The zero-order valence-electron chi connectivity index (χ0n) is 11.5. The summed E-state index contributed by atoms with van der Waals surface area (Å²) in [6.45, 7) is 7.04. The van der Waals surface area contributed by atoms with E-state index in [1.807, 2.05) is 0 Å². The summed E-state index contributed by atoms with van der Waals surface area (Å²) in [5.74, 6) is 0. The molecule has 0 aromatic carbocycles. The van der Waals surface area contributed by atoms with Crippen molar-refractivity contribution in [1.82, 2.24) is 9.80 Å². The van der Waals surface area contributed by atoms with Crippen molar-refractivity contribution in [2.75, 3.05) is 20.1 Å². The van der Waals surface area contributed by atoms with Crippen molar-refractivity contribution < 1.29 is 0 Å². The van der Waals surface area contributed by atoms with Gasteiger partial charge in [-0.2, -0.15) is 0 Å². The van der Waals surface area contributed by atoms with Crippen LogP contribution in [0, 0.1) is 0 Å². The topological polar surface area (TPSA) is 6.48 Å². The first kappa shape index (κ1) is 12.8. The van der Waals surface area contributed by atoms with Crippen LogP contribution < -0.4 is 0 Å². The smallest absolute Gasteiger partial charge is 0.0476 e. The zero-order chi connectivity index (χ0) is 12.3. The van der Waals surface area contributed by atoms with Gasteiger partial charge >= 0.3 is 0 Å². The van der Waals surface area contributed by atoms with E-state index in [0.717, 1.165) is 6.04 Å². The molecule has 1 heterocycles. The van der Waals surface area contributed by atoms with Gasteiger partial charge < -0.3 is 0 Å². The van der Waals surface area contributed by atoms with E-state index in [-0.39, 0.29) is 0 Å². The maximum atomic E-state index is 2.73. The van der Waals surface area contributed by atoms with E-state index >= 15 is 0 Å². The fraction of sp³-hybridized carbons (Fsp3) is 0.733. The molecule has 3 atom stereocenters. The molecule has 1 fully saturated rings. The highest BCUT2D eigenvalue weighted by atomic mass is 15.3. The summed E-state index contributed by atoms with van der Waals surface area (Å²) in [5.41, 5.74) is 0. The molecule has 1 aliphatic heterocycles. The lowest BCUT2D eigenvalue weighted by atomic mass is 9.93. The Hall–Kier alpha value is -0.600. The summed E-state index contributed by atoms with van der Waals surface area (Å²) in [5, 5.41) is 0. The van der Waals surface area contributed by atoms with Crippen LogP contribution in [0.2, 0.25) is 0 Å². The van der Waals surface area contributed by atoms with Crippen molar-refractivity contribution in [2.24, 2.45) is 0 Å². The predicted octanol–water partition coefficient (Wildman–Crippen LogP) is 2.68. The maximum Gasteiger partial charge on any atom is 0.0476 e. The van der Waals surface area contributed by atoms with Crippen molar-refractivity contribution >= 4 is 0 Å². The molecule has 96 valence electrons. The van der Waals surface area contributed by atoms with Crippen LogP contribution in [0.15, 0.2) is 24.3 Å². The summed E-state index contributed by atoms with van der Waals surface area (Å²) in [6, 6.07) is 1.94. The highest BCUT2D eigenvalue weighted by Gasteiger charge is 2.35. The van der Waals surface area contributed by atoms with Gasteiger partial charge in [-0.05, 0) is 19.9 Å². The Bertz CT molecular complexity index is 295. The molecule has 1 saturated heterocycles. The number of hydrogen-bond acceptors (Lipinski definition) is 2. The second kappa shape index (κ2) is 5.83. The van der Waals surface area contributed by atoms with Crippen molar-refractivity contribution in [1.29, 1.82) is 0 Å². The van der Waals surface area contributed by atoms with Crippen LogP contribution in [0.1, 0.15) is 33.1 Å². The van der Waals surface area contributed by atoms with Crippen LogP contribution in [0.4, 0.5) is 0 Å². The van der Waals surface area contributed by atoms with Gasteiger partial charge in [-0.15, -0.1) is 0 Å². The Balaban J connectivity index is 2.12. The molecular weight excluding hydrogens is 208 g/mol. The van der Waals surface area contributed by atoms with E-state index in [1.165, 1.54) is 32.4 Å². The van der Waals surface area contributed by atoms with Gasteiger partial charge in [-0.25, -0.2) is 0 Å². The predicted molar refractivity (Wildman–Crippen MR) is 74.2 cm³/mol. The van der Waals surface area contributed by atoms with E-state index in [1.54, 1.807) is 0 Å². The molecule has 0 bridgehead atoms. The molecule has 2 heteroatoms. The standard InChI is InChI=1S/C15H26N2/c1-4-8-13(5-2)17-12-11-16(3)14-9-6-7-10-15(14)17/h6-7,9-10,13-15H,4-5,8,11-12H2,1-3H3. The normalized spacial score (nSPS) is 31.5. The third-order valence-electron chi connectivity index (χ3n) is 4.24.